The third-order valence-electron chi connectivity index (χ3n) is 4.52. The average Bonchev–Trinajstić information content (AvgIpc) is 3.28. The Morgan fingerprint density at radius 2 is 1.77 bits per heavy atom. The van der Waals surface area contributed by atoms with Crippen molar-refractivity contribution in [2.24, 2.45) is 0 Å². The van der Waals surface area contributed by atoms with Gasteiger partial charge in [0.2, 0.25) is 5.89 Å². The second kappa shape index (κ2) is 10.2. The smallest absolute Gasteiger partial charge is 0.339 e. The highest BCUT2D eigenvalue weighted by Gasteiger charge is 2.19. The SMILES string of the molecule is CC[C@H](C)NC(=O)NC(=O)COC(=O)c1ccccc1-c1ncc(-c2ccccc2)o1. The first-order valence-electron chi connectivity index (χ1n) is 9.86. The van der Waals surface area contributed by atoms with Crippen molar-refractivity contribution in [3.8, 4) is 22.8 Å². The van der Waals surface area contributed by atoms with Crippen LogP contribution in [0.2, 0.25) is 0 Å². The number of ether oxygens (including phenoxy) is 1. The lowest BCUT2D eigenvalue weighted by molar-refractivity contribution is -0.123. The summed E-state index contributed by atoms with van der Waals surface area (Å²) in [6.07, 6.45) is 2.30. The lowest BCUT2D eigenvalue weighted by Gasteiger charge is -2.12. The molecule has 1 heterocycles. The molecule has 0 aliphatic carbocycles. The first-order chi connectivity index (χ1) is 15.0. The molecular weight excluding hydrogens is 398 g/mol. The predicted octanol–water partition coefficient (Wildman–Crippen LogP) is 3.79. The Kier molecular flexibility index (Phi) is 7.16. The predicted molar refractivity (Wildman–Crippen MR) is 114 cm³/mol. The van der Waals surface area contributed by atoms with E-state index in [1.54, 1.807) is 30.5 Å². The zero-order valence-electron chi connectivity index (χ0n) is 17.3. The molecule has 8 nitrogen and oxygen atoms in total. The Hall–Kier alpha value is -3.94. The number of nitrogens with zero attached hydrogens (tertiary/aromatic N) is 1. The minimum atomic E-state index is -0.729. The van der Waals surface area contributed by atoms with Crippen molar-refractivity contribution in [3.05, 3.63) is 66.4 Å². The van der Waals surface area contributed by atoms with Crippen LogP contribution in [0.15, 0.2) is 65.2 Å². The van der Waals surface area contributed by atoms with Gasteiger partial charge < -0.3 is 14.5 Å². The normalized spacial score (nSPS) is 11.4. The van der Waals surface area contributed by atoms with Crippen molar-refractivity contribution < 1.29 is 23.5 Å². The molecule has 0 saturated heterocycles. The van der Waals surface area contributed by atoms with Gasteiger partial charge in [-0.15, -0.1) is 0 Å². The van der Waals surface area contributed by atoms with Crippen LogP contribution in [-0.2, 0) is 9.53 Å². The Bertz CT molecular complexity index is 1060. The van der Waals surface area contributed by atoms with Crippen molar-refractivity contribution in [1.29, 1.82) is 0 Å². The minimum Gasteiger partial charge on any atom is -0.452 e. The van der Waals surface area contributed by atoms with Crippen molar-refractivity contribution in [2.75, 3.05) is 6.61 Å². The molecule has 0 unspecified atom stereocenters. The molecule has 1 aromatic heterocycles. The maximum atomic E-state index is 12.6. The van der Waals surface area contributed by atoms with E-state index in [2.05, 4.69) is 15.6 Å². The molecule has 0 bridgehead atoms. The summed E-state index contributed by atoms with van der Waals surface area (Å²) in [6, 6.07) is 15.4. The minimum absolute atomic E-state index is 0.0798. The molecule has 0 saturated carbocycles. The standard InChI is InChI=1S/C23H23N3O5/c1-3-15(2)25-23(29)26-20(27)14-30-22(28)18-12-8-7-11-17(18)21-24-13-19(31-21)16-9-5-4-6-10-16/h4-13,15H,3,14H2,1-2H3,(H2,25,26,27,29)/t15-/m0/s1. The van der Waals surface area contributed by atoms with Crippen LogP contribution < -0.4 is 10.6 Å². The van der Waals surface area contributed by atoms with E-state index in [4.69, 9.17) is 9.15 Å². The first kappa shape index (κ1) is 21.8. The van der Waals surface area contributed by atoms with E-state index in [0.717, 1.165) is 12.0 Å². The second-order valence-corrected chi connectivity index (χ2v) is 6.85. The third-order valence-corrected chi connectivity index (χ3v) is 4.52. The van der Waals surface area contributed by atoms with Crippen LogP contribution in [-0.4, -0.2) is 35.5 Å². The number of benzene rings is 2. The topological polar surface area (TPSA) is 111 Å². The van der Waals surface area contributed by atoms with Crippen LogP contribution >= 0.6 is 0 Å². The summed E-state index contributed by atoms with van der Waals surface area (Å²) in [5.41, 5.74) is 1.49. The van der Waals surface area contributed by atoms with Crippen molar-refractivity contribution in [2.45, 2.75) is 26.3 Å². The highest BCUT2D eigenvalue weighted by molar-refractivity contribution is 5.99. The van der Waals surface area contributed by atoms with Gasteiger partial charge in [-0.05, 0) is 25.5 Å². The van der Waals surface area contributed by atoms with Gasteiger partial charge in [0, 0.05) is 11.6 Å². The molecule has 8 heteroatoms. The van der Waals surface area contributed by atoms with Gasteiger partial charge in [-0.2, -0.15) is 0 Å². The Labute approximate surface area is 179 Å². The number of imide groups is 1. The first-order valence-corrected chi connectivity index (χ1v) is 9.86. The maximum absolute atomic E-state index is 12.6. The van der Waals surface area contributed by atoms with E-state index in [9.17, 15) is 14.4 Å². The molecule has 0 radical (unpaired) electrons. The summed E-state index contributed by atoms with van der Waals surface area (Å²) in [7, 11) is 0. The van der Waals surface area contributed by atoms with E-state index in [1.165, 1.54) is 0 Å². The fourth-order valence-electron chi connectivity index (χ4n) is 2.72. The Balaban J connectivity index is 1.66. The third kappa shape index (κ3) is 5.79. The summed E-state index contributed by atoms with van der Waals surface area (Å²) in [6.45, 7) is 3.12. The molecule has 0 aliphatic heterocycles. The molecule has 1 atom stereocenters. The van der Waals surface area contributed by atoms with Crippen LogP contribution in [0.3, 0.4) is 0 Å². The Morgan fingerprint density at radius 1 is 1.06 bits per heavy atom. The average molecular weight is 421 g/mol. The van der Waals surface area contributed by atoms with Crippen LogP contribution in [0.25, 0.3) is 22.8 Å². The van der Waals surface area contributed by atoms with Crippen LogP contribution in [0.1, 0.15) is 30.6 Å². The van der Waals surface area contributed by atoms with Gasteiger partial charge in [0.25, 0.3) is 5.91 Å². The van der Waals surface area contributed by atoms with Crippen molar-refractivity contribution in [1.82, 2.24) is 15.6 Å². The molecule has 2 aromatic carbocycles. The second-order valence-electron chi connectivity index (χ2n) is 6.85. The van der Waals surface area contributed by atoms with E-state index in [-0.39, 0.29) is 17.5 Å². The number of rotatable bonds is 7. The molecule has 31 heavy (non-hydrogen) atoms. The molecule has 0 fully saturated rings. The largest absolute Gasteiger partial charge is 0.452 e. The zero-order valence-corrected chi connectivity index (χ0v) is 17.3. The van der Waals surface area contributed by atoms with Gasteiger partial charge in [-0.3, -0.25) is 10.1 Å². The zero-order chi connectivity index (χ0) is 22.2. The van der Waals surface area contributed by atoms with Gasteiger partial charge in [0.15, 0.2) is 12.4 Å². The number of amides is 3. The number of carbonyl (C=O) groups is 3. The molecule has 3 amide bonds. The number of carbonyl (C=O) groups excluding carboxylic acids is 3. The van der Waals surface area contributed by atoms with Gasteiger partial charge >= 0.3 is 12.0 Å². The van der Waals surface area contributed by atoms with E-state index < -0.39 is 24.5 Å². The summed E-state index contributed by atoms with van der Waals surface area (Å²) in [5.74, 6) is -0.643. The maximum Gasteiger partial charge on any atom is 0.339 e. The van der Waals surface area contributed by atoms with Crippen molar-refractivity contribution in [3.63, 3.8) is 0 Å². The number of oxazole rings is 1. The summed E-state index contributed by atoms with van der Waals surface area (Å²) >= 11 is 0. The van der Waals surface area contributed by atoms with Gasteiger partial charge in [-0.25, -0.2) is 14.6 Å². The van der Waals surface area contributed by atoms with Gasteiger partial charge in [0.05, 0.1) is 17.3 Å². The van der Waals surface area contributed by atoms with E-state index in [0.29, 0.717) is 11.3 Å². The lowest BCUT2D eigenvalue weighted by atomic mass is 10.1. The molecule has 160 valence electrons. The van der Waals surface area contributed by atoms with E-state index in [1.807, 2.05) is 44.2 Å². The molecular formula is C23H23N3O5. The van der Waals surface area contributed by atoms with E-state index >= 15 is 0 Å². The van der Waals surface area contributed by atoms with Gasteiger partial charge in [-0.1, -0.05) is 49.4 Å². The van der Waals surface area contributed by atoms with Crippen LogP contribution in [0.4, 0.5) is 4.79 Å². The van der Waals surface area contributed by atoms with Crippen LogP contribution in [0, 0.1) is 0 Å². The monoisotopic (exact) mass is 421 g/mol. The summed E-state index contributed by atoms with van der Waals surface area (Å²) in [4.78, 5) is 40.4. The molecule has 0 spiro atoms. The fourth-order valence-corrected chi connectivity index (χ4v) is 2.72. The molecule has 3 aromatic rings. The molecule has 0 aliphatic rings. The van der Waals surface area contributed by atoms with Crippen LogP contribution in [0.5, 0.6) is 0 Å². The number of esters is 1. The highest BCUT2D eigenvalue weighted by atomic mass is 16.5. The number of hydrogen-bond acceptors (Lipinski definition) is 6. The summed E-state index contributed by atoms with van der Waals surface area (Å²) in [5, 5.41) is 4.72. The number of urea groups is 1. The van der Waals surface area contributed by atoms with Crippen molar-refractivity contribution >= 4 is 17.9 Å². The highest BCUT2D eigenvalue weighted by Crippen LogP contribution is 2.28. The quantitative estimate of drug-likeness (QED) is 0.562. The number of aromatic nitrogens is 1. The molecule has 3 rings (SSSR count). The fraction of sp³-hybridized carbons (Fsp3) is 0.217. The number of nitrogens with one attached hydrogen (secondary N) is 2. The summed E-state index contributed by atoms with van der Waals surface area (Å²) < 4.78 is 10.9. The Morgan fingerprint density at radius 3 is 2.52 bits per heavy atom. The van der Waals surface area contributed by atoms with Gasteiger partial charge in [0.1, 0.15) is 0 Å². The lowest BCUT2D eigenvalue weighted by Crippen LogP contribution is -2.44. The number of hydrogen-bond donors (Lipinski definition) is 2. The molecule has 2 N–H and O–H groups in total.